The molecule has 2 nitrogen and oxygen atoms in total. The van der Waals surface area contributed by atoms with E-state index in [1.54, 1.807) is 0 Å². The Balaban J connectivity index is 0.00000121. The molecule has 1 aliphatic rings. The van der Waals surface area contributed by atoms with Crippen molar-refractivity contribution < 1.29 is 0 Å². The van der Waals surface area contributed by atoms with Gasteiger partial charge in [-0.3, -0.25) is 4.90 Å². The van der Waals surface area contributed by atoms with Crippen molar-refractivity contribution in [1.82, 2.24) is 4.90 Å². The third-order valence-electron chi connectivity index (χ3n) is 2.63. The molecule has 3 atom stereocenters. The lowest BCUT2D eigenvalue weighted by Gasteiger charge is -2.27. The molecule has 1 rings (SSSR count). The molecule has 1 aliphatic heterocycles. The Morgan fingerprint density at radius 1 is 1.33 bits per heavy atom. The van der Waals surface area contributed by atoms with Gasteiger partial charge >= 0.3 is 0 Å². The van der Waals surface area contributed by atoms with Crippen LogP contribution in [0.4, 0.5) is 0 Å². The maximum Gasteiger partial charge on any atom is 0.0139 e. The van der Waals surface area contributed by atoms with E-state index in [2.05, 4.69) is 25.7 Å². The molecule has 3 unspecified atom stereocenters. The van der Waals surface area contributed by atoms with Crippen LogP contribution in [-0.2, 0) is 0 Å². The molecule has 0 saturated carbocycles. The zero-order valence-corrected chi connectivity index (χ0v) is 9.10. The lowest BCUT2D eigenvalue weighted by Crippen LogP contribution is -2.41. The van der Waals surface area contributed by atoms with Gasteiger partial charge in [-0.15, -0.1) is 12.4 Å². The molecule has 74 valence electrons. The highest BCUT2D eigenvalue weighted by Crippen LogP contribution is 2.22. The summed E-state index contributed by atoms with van der Waals surface area (Å²) >= 11 is 0. The van der Waals surface area contributed by atoms with E-state index < -0.39 is 0 Å². The van der Waals surface area contributed by atoms with E-state index in [-0.39, 0.29) is 12.4 Å². The molecule has 0 aromatic rings. The number of nitrogens with zero attached hydrogens (tertiary/aromatic N) is 1. The smallest absolute Gasteiger partial charge is 0.0139 e. The Labute approximate surface area is 81.9 Å². The predicted octanol–water partition coefficient (Wildman–Crippen LogP) is 1.63. The molecule has 1 heterocycles. The number of halogens is 1. The highest BCUT2D eigenvalue weighted by Gasteiger charge is 2.27. The SMILES string of the molecule is CC(N)CN1C(C)CCC1C.Cl. The fourth-order valence-electron chi connectivity index (χ4n) is 1.94. The van der Waals surface area contributed by atoms with Gasteiger partial charge in [0.2, 0.25) is 0 Å². The molecular formula is C9H21ClN2. The van der Waals surface area contributed by atoms with Crippen LogP contribution in [0.5, 0.6) is 0 Å². The summed E-state index contributed by atoms with van der Waals surface area (Å²) in [6.07, 6.45) is 2.68. The fraction of sp³-hybridized carbons (Fsp3) is 1.00. The number of likely N-dealkylation sites (tertiary alicyclic amines) is 1. The molecule has 0 spiro atoms. The topological polar surface area (TPSA) is 29.3 Å². The first kappa shape index (κ1) is 12.2. The zero-order chi connectivity index (χ0) is 8.43. The first-order valence-corrected chi connectivity index (χ1v) is 4.62. The minimum atomic E-state index is 0. The van der Waals surface area contributed by atoms with E-state index >= 15 is 0 Å². The summed E-state index contributed by atoms with van der Waals surface area (Å²) in [6.45, 7) is 7.73. The number of hydrogen-bond donors (Lipinski definition) is 1. The fourth-order valence-corrected chi connectivity index (χ4v) is 1.94. The van der Waals surface area contributed by atoms with Crippen LogP contribution in [0, 0.1) is 0 Å². The average molecular weight is 193 g/mol. The van der Waals surface area contributed by atoms with E-state index in [0.717, 1.165) is 18.6 Å². The normalized spacial score (nSPS) is 33.0. The van der Waals surface area contributed by atoms with Crippen molar-refractivity contribution >= 4 is 12.4 Å². The standard InChI is InChI=1S/C9H20N2.ClH/c1-7(10)6-11-8(2)4-5-9(11)3;/h7-9H,4-6,10H2,1-3H3;1H. The lowest BCUT2D eigenvalue weighted by atomic mass is 10.2. The Morgan fingerprint density at radius 2 is 1.75 bits per heavy atom. The number of hydrogen-bond acceptors (Lipinski definition) is 2. The molecule has 3 heteroatoms. The molecule has 0 aromatic heterocycles. The largest absolute Gasteiger partial charge is 0.327 e. The second kappa shape index (κ2) is 5.05. The maximum absolute atomic E-state index is 5.76. The van der Waals surface area contributed by atoms with Gasteiger partial charge in [0.25, 0.3) is 0 Å². The lowest BCUT2D eigenvalue weighted by molar-refractivity contribution is 0.204. The third kappa shape index (κ3) is 2.92. The summed E-state index contributed by atoms with van der Waals surface area (Å²) in [6, 6.07) is 1.81. The van der Waals surface area contributed by atoms with Crippen LogP contribution in [0.3, 0.4) is 0 Å². The zero-order valence-electron chi connectivity index (χ0n) is 8.29. The number of rotatable bonds is 2. The summed E-state index contributed by atoms with van der Waals surface area (Å²) in [4.78, 5) is 2.52. The molecule has 0 aromatic carbocycles. The molecule has 1 saturated heterocycles. The Bertz CT molecular complexity index is 118. The van der Waals surface area contributed by atoms with Gasteiger partial charge in [0.05, 0.1) is 0 Å². The first-order chi connectivity index (χ1) is 5.11. The molecule has 0 radical (unpaired) electrons. The van der Waals surface area contributed by atoms with Crippen LogP contribution >= 0.6 is 12.4 Å². The minimum absolute atomic E-state index is 0. The van der Waals surface area contributed by atoms with Gasteiger partial charge in [-0.05, 0) is 33.6 Å². The van der Waals surface area contributed by atoms with Crippen LogP contribution in [0.1, 0.15) is 33.6 Å². The van der Waals surface area contributed by atoms with Crippen molar-refractivity contribution in [3.8, 4) is 0 Å². The molecule has 12 heavy (non-hydrogen) atoms. The third-order valence-corrected chi connectivity index (χ3v) is 2.63. The second-order valence-electron chi connectivity index (χ2n) is 3.95. The highest BCUT2D eigenvalue weighted by molar-refractivity contribution is 5.85. The second-order valence-corrected chi connectivity index (χ2v) is 3.95. The molecular weight excluding hydrogens is 172 g/mol. The Morgan fingerprint density at radius 3 is 2.08 bits per heavy atom. The van der Waals surface area contributed by atoms with Gasteiger partial charge in [0, 0.05) is 24.7 Å². The molecule has 0 bridgehead atoms. The molecule has 0 aliphatic carbocycles. The Hall–Kier alpha value is 0.210. The minimum Gasteiger partial charge on any atom is -0.327 e. The number of nitrogens with two attached hydrogens (primary N) is 1. The Kier molecular flexibility index (Phi) is 5.14. The van der Waals surface area contributed by atoms with Crippen molar-refractivity contribution in [2.24, 2.45) is 5.73 Å². The highest BCUT2D eigenvalue weighted by atomic mass is 35.5. The summed E-state index contributed by atoms with van der Waals surface area (Å²) in [5, 5.41) is 0. The van der Waals surface area contributed by atoms with Gasteiger partial charge in [0.15, 0.2) is 0 Å². The van der Waals surface area contributed by atoms with Gasteiger partial charge in [-0.2, -0.15) is 0 Å². The van der Waals surface area contributed by atoms with Crippen LogP contribution in [0.15, 0.2) is 0 Å². The average Bonchev–Trinajstić information content (AvgIpc) is 2.18. The maximum atomic E-state index is 5.76. The summed E-state index contributed by atoms with van der Waals surface area (Å²) in [7, 11) is 0. The summed E-state index contributed by atoms with van der Waals surface area (Å²) < 4.78 is 0. The first-order valence-electron chi connectivity index (χ1n) is 4.62. The van der Waals surface area contributed by atoms with Crippen molar-refractivity contribution in [3.05, 3.63) is 0 Å². The van der Waals surface area contributed by atoms with Crippen molar-refractivity contribution in [3.63, 3.8) is 0 Å². The quantitative estimate of drug-likeness (QED) is 0.721. The van der Waals surface area contributed by atoms with Crippen LogP contribution in [0.2, 0.25) is 0 Å². The summed E-state index contributed by atoms with van der Waals surface area (Å²) in [5.74, 6) is 0. The van der Waals surface area contributed by atoms with Crippen molar-refractivity contribution in [2.75, 3.05) is 6.54 Å². The van der Waals surface area contributed by atoms with Gasteiger partial charge in [0.1, 0.15) is 0 Å². The van der Waals surface area contributed by atoms with Gasteiger partial charge in [-0.25, -0.2) is 0 Å². The summed E-state index contributed by atoms with van der Waals surface area (Å²) in [5.41, 5.74) is 5.76. The van der Waals surface area contributed by atoms with E-state index in [4.69, 9.17) is 5.73 Å². The van der Waals surface area contributed by atoms with Crippen LogP contribution < -0.4 is 5.73 Å². The van der Waals surface area contributed by atoms with E-state index in [9.17, 15) is 0 Å². The predicted molar refractivity (Wildman–Crippen MR) is 55.8 cm³/mol. The van der Waals surface area contributed by atoms with E-state index in [0.29, 0.717) is 6.04 Å². The van der Waals surface area contributed by atoms with Gasteiger partial charge < -0.3 is 5.73 Å². The van der Waals surface area contributed by atoms with Crippen molar-refractivity contribution in [2.45, 2.75) is 51.7 Å². The monoisotopic (exact) mass is 192 g/mol. The van der Waals surface area contributed by atoms with Crippen molar-refractivity contribution in [1.29, 1.82) is 0 Å². The molecule has 0 amide bonds. The van der Waals surface area contributed by atoms with E-state index in [1.807, 2.05) is 0 Å². The van der Waals surface area contributed by atoms with Gasteiger partial charge in [-0.1, -0.05) is 0 Å². The molecule has 1 fully saturated rings. The molecule has 2 N–H and O–H groups in total. The van der Waals surface area contributed by atoms with Crippen LogP contribution in [-0.4, -0.2) is 29.6 Å². The van der Waals surface area contributed by atoms with Crippen LogP contribution in [0.25, 0.3) is 0 Å². The van der Waals surface area contributed by atoms with E-state index in [1.165, 1.54) is 12.8 Å².